The number of phenolic OH excluding ortho intramolecular Hbond substituents is 3. The Labute approximate surface area is 434 Å². The first-order valence-corrected chi connectivity index (χ1v) is 26.7. The van der Waals surface area contributed by atoms with E-state index in [0.29, 0.717) is 12.8 Å². The number of hydrogen-bond donors (Lipinski definition) is 7. The van der Waals surface area contributed by atoms with E-state index in [1.807, 2.05) is 49.4 Å². The van der Waals surface area contributed by atoms with Gasteiger partial charge in [0.05, 0.1) is 23.9 Å². The van der Waals surface area contributed by atoms with Crippen molar-refractivity contribution in [3.63, 3.8) is 0 Å². The molecule has 390 valence electrons. The molecule has 3 heterocycles. The van der Waals surface area contributed by atoms with Gasteiger partial charge in [-0.05, 0) is 179 Å². The molecule has 7 N–H and O–H groups in total. The average molecular weight is 992 g/mol. The van der Waals surface area contributed by atoms with Crippen molar-refractivity contribution < 1.29 is 35.7 Å². The summed E-state index contributed by atoms with van der Waals surface area (Å²) in [7, 11) is 0. The maximum atomic E-state index is 10.9. The van der Waals surface area contributed by atoms with Crippen molar-refractivity contribution in [1.82, 2.24) is 14.7 Å². The molecule has 9 rings (SSSR count). The summed E-state index contributed by atoms with van der Waals surface area (Å²) in [5.74, 6) is 2.36. The monoisotopic (exact) mass is 992 g/mol. The molecule has 0 aromatic heterocycles. The standard InChI is InChI=1S/C22H29NO2.C21H27NO2.C20H25NO3/c1-17(22(25)20-7-9-21(24)10-8-20)16-23-13-11-19(12-14-23)15-18-5-3-2-4-6-18;1-16(21(24)19-7-9-20(23)10-8-19)22-13-11-18(12-14-22)15-17-5-3-2-4-6-17;1-15(19(23)16-7-9-18(22)10-8-16)21-13-11-20(24,12-14-21)17-5-3-2-4-6-17/h2-10,17,19,22,24-25H,11-16H2,1H3;2-10,16,18,21,23-24H,11-15H2,1H3;2-10,15,19,22-24H,11-14H2,1H3/t17?,22-;16?,21-;15-,19+/m100/s1. The Morgan fingerprint density at radius 1 is 0.438 bits per heavy atom. The Kier molecular flexibility index (Phi) is 20.5. The summed E-state index contributed by atoms with van der Waals surface area (Å²) in [4.78, 5) is 7.09. The summed E-state index contributed by atoms with van der Waals surface area (Å²) in [5.41, 5.74) is 5.60. The zero-order chi connectivity index (χ0) is 51.7. The van der Waals surface area contributed by atoms with Crippen molar-refractivity contribution in [2.24, 2.45) is 17.8 Å². The number of likely N-dealkylation sites (tertiary alicyclic amines) is 3. The third kappa shape index (κ3) is 16.2. The van der Waals surface area contributed by atoms with Crippen LogP contribution in [0.1, 0.15) is 111 Å². The zero-order valence-electron chi connectivity index (χ0n) is 43.3. The van der Waals surface area contributed by atoms with E-state index in [1.54, 1.807) is 60.7 Å². The van der Waals surface area contributed by atoms with Crippen LogP contribution in [0, 0.1) is 17.8 Å². The maximum absolute atomic E-state index is 10.9. The fraction of sp³-hybridized carbons (Fsp3) is 0.429. The van der Waals surface area contributed by atoms with Crippen LogP contribution in [0.2, 0.25) is 0 Å². The van der Waals surface area contributed by atoms with Crippen molar-refractivity contribution in [1.29, 1.82) is 0 Å². The Bertz CT molecular complexity index is 2460. The molecule has 0 amide bonds. The number of hydrogen-bond acceptors (Lipinski definition) is 10. The summed E-state index contributed by atoms with van der Waals surface area (Å²) in [5, 5.41) is 70.8. The fourth-order valence-electron chi connectivity index (χ4n) is 11.0. The molecule has 6 aromatic carbocycles. The van der Waals surface area contributed by atoms with Crippen LogP contribution in [0.3, 0.4) is 0 Å². The van der Waals surface area contributed by atoms with Crippen molar-refractivity contribution in [3.05, 3.63) is 197 Å². The predicted molar refractivity (Wildman–Crippen MR) is 292 cm³/mol. The Morgan fingerprint density at radius 2 is 0.781 bits per heavy atom. The summed E-state index contributed by atoms with van der Waals surface area (Å²) in [6, 6.07) is 51.8. The maximum Gasteiger partial charge on any atom is 0.115 e. The Morgan fingerprint density at radius 3 is 1.18 bits per heavy atom. The first kappa shape index (κ1) is 55.2. The molecule has 0 aliphatic carbocycles. The topological polar surface area (TPSA) is 151 Å². The molecule has 0 radical (unpaired) electrons. The van der Waals surface area contributed by atoms with Gasteiger partial charge in [-0.2, -0.15) is 0 Å². The molecule has 6 atom stereocenters. The molecule has 10 heteroatoms. The second-order valence-electron chi connectivity index (χ2n) is 21.1. The molecule has 2 unspecified atom stereocenters. The number of phenols is 3. The molecule has 3 fully saturated rings. The van der Waals surface area contributed by atoms with E-state index in [2.05, 4.69) is 89.2 Å². The molecule has 0 saturated carbocycles. The lowest BCUT2D eigenvalue weighted by Crippen LogP contribution is -2.47. The minimum atomic E-state index is -0.777. The summed E-state index contributed by atoms with van der Waals surface area (Å²) < 4.78 is 0. The first-order valence-electron chi connectivity index (χ1n) is 26.7. The molecule has 3 aliphatic heterocycles. The highest BCUT2D eigenvalue weighted by Crippen LogP contribution is 2.36. The van der Waals surface area contributed by atoms with Crippen LogP contribution in [0.5, 0.6) is 17.2 Å². The first-order chi connectivity index (χ1) is 35.2. The zero-order valence-corrected chi connectivity index (χ0v) is 43.3. The number of rotatable bonds is 15. The normalized spacial score (nSPS) is 19.4. The Balaban J connectivity index is 0.000000160. The quantitative estimate of drug-likeness (QED) is 0.0530. The van der Waals surface area contributed by atoms with Crippen LogP contribution in [0.15, 0.2) is 164 Å². The lowest BCUT2D eigenvalue weighted by molar-refractivity contribution is -0.0501. The van der Waals surface area contributed by atoms with Crippen LogP contribution < -0.4 is 0 Å². The summed E-state index contributed by atoms with van der Waals surface area (Å²) in [6.45, 7) is 12.9. The number of benzene rings is 6. The van der Waals surface area contributed by atoms with Gasteiger partial charge in [-0.3, -0.25) is 9.80 Å². The second kappa shape index (κ2) is 27.1. The number of aliphatic hydroxyl groups excluding tert-OH is 3. The largest absolute Gasteiger partial charge is 0.508 e. The molecule has 73 heavy (non-hydrogen) atoms. The van der Waals surface area contributed by atoms with Gasteiger partial charge in [-0.1, -0.05) is 134 Å². The van der Waals surface area contributed by atoms with E-state index in [4.69, 9.17) is 0 Å². The van der Waals surface area contributed by atoms with Crippen molar-refractivity contribution >= 4 is 0 Å². The van der Waals surface area contributed by atoms with Gasteiger partial charge in [0, 0.05) is 31.7 Å². The van der Waals surface area contributed by atoms with Crippen molar-refractivity contribution in [3.8, 4) is 17.2 Å². The van der Waals surface area contributed by atoms with Gasteiger partial charge < -0.3 is 40.6 Å². The fourth-order valence-corrected chi connectivity index (χ4v) is 11.0. The third-order valence-electron chi connectivity index (χ3n) is 15.9. The molecule has 3 saturated heterocycles. The van der Waals surface area contributed by atoms with Gasteiger partial charge in [0.25, 0.3) is 0 Å². The highest BCUT2D eigenvalue weighted by Gasteiger charge is 2.37. The molecule has 0 spiro atoms. The SMILES string of the molecule is CC(CN1CCC(Cc2ccccc2)CC1)[C@@H](O)c1ccc(O)cc1.CC([C@H](O)c1ccc(O)cc1)N1CCC(Cc2ccccc2)CC1.C[C@@H]([C@@H](O)c1ccc(O)cc1)N1CCC(O)(c2ccccc2)CC1. The van der Waals surface area contributed by atoms with E-state index in [1.165, 1.54) is 43.2 Å². The summed E-state index contributed by atoms with van der Waals surface area (Å²) >= 11 is 0. The van der Waals surface area contributed by atoms with Crippen LogP contribution in [-0.4, -0.2) is 108 Å². The summed E-state index contributed by atoms with van der Waals surface area (Å²) in [6.07, 6.45) is 6.86. The van der Waals surface area contributed by atoms with E-state index in [-0.39, 0.29) is 35.3 Å². The predicted octanol–water partition coefficient (Wildman–Crippen LogP) is 10.6. The van der Waals surface area contributed by atoms with Gasteiger partial charge in [-0.15, -0.1) is 0 Å². The Hall–Kier alpha value is -5.56. The number of aromatic hydroxyl groups is 3. The van der Waals surface area contributed by atoms with E-state index in [0.717, 1.165) is 86.3 Å². The lowest BCUT2D eigenvalue weighted by Gasteiger charge is -2.42. The van der Waals surface area contributed by atoms with Gasteiger partial charge in [0.2, 0.25) is 0 Å². The molecular weight excluding hydrogens is 911 g/mol. The van der Waals surface area contributed by atoms with Gasteiger partial charge in [0.15, 0.2) is 0 Å². The number of nitrogens with zero attached hydrogens (tertiary/aromatic N) is 3. The van der Waals surface area contributed by atoms with E-state index < -0.39 is 23.9 Å². The molecule has 3 aliphatic rings. The third-order valence-corrected chi connectivity index (χ3v) is 15.9. The highest BCUT2D eigenvalue weighted by atomic mass is 16.3. The molecule has 0 bridgehead atoms. The number of aliphatic hydroxyl groups is 4. The van der Waals surface area contributed by atoms with Crippen LogP contribution in [0.25, 0.3) is 0 Å². The number of piperidine rings is 3. The van der Waals surface area contributed by atoms with Crippen molar-refractivity contribution in [2.45, 2.75) is 108 Å². The van der Waals surface area contributed by atoms with Gasteiger partial charge >= 0.3 is 0 Å². The van der Waals surface area contributed by atoms with Crippen LogP contribution in [-0.2, 0) is 18.4 Å². The minimum Gasteiger partial charge on any atom is -0.508 e. The van der Waals surface area contributed by atoms with Crippen LogP contribution in [0.4, 0.5) is 0 Å². The van der Waals surface area contributed by atoms with Crippen LogP contribution >= 0.6 is 0 Å². The average Bonchev–Trinajstić information content (AvgIpc) is 3.42. The molecule has 10 nitrogen and oxygen atoms in total. The molecule has 6 aromatic rings. The van der Waals surface area contributed by atoms with Crippen molar-refractivity contribution in [2.75, 3.05) is 45.8 Å². The lowest BCUT2D eigenvalue weighted by atomic mass is 9.83. The van der Waals surface area contributed by atoms with E-state index in [9.17, 15) is 35.7 Å². The minimum absolute atomic E-state index is 0.0464. The van der Waals surface area contributed by atoms with E-state index >= 15 is 0 Å². The van der Waals surface area contributed by atoms with Gasteiger partial charge in [0.1, 0.15) is 17.2 Å². The molecular formula is C63H81N3O7. The smallest absolute Gasteiger partial charge is 0.115 e. The van der Waals surface area contributed by atoms with Gasteiger partial charge in [-0.25, -0.2) is 0 Å². The highest BCUT2D eigenvalue weighted by molar-refractivity contribution is 5.30. The second-order valence-corrected chi connectivity index (χ2v) is 21.1.